The minimum absolute atomic E-state index is 0. The van der Waals surface area contributed by atoms with E-state index in [-0.39, 0.29) is 28.5 Å². The zero-order valence-electron chi connectivity index (χ0n) is 3.49. The largest absolute Gasteiger partial charge is 0.358 e. The molecule has 0 N–H and O–H groups in total. The van der Waals surface area contributed by atoms with Crippen LogP contribution < -0.4 is 0 Å². The molecule has 0 rings (SSSR count). The number of hydrogen-bond donors (Lipinski definition) is 0. The second kappa shape index (κ2) is 18.1. The molecule has 0 unspecified atom stereocenters. The van der Waals surface area contributed by atoms with Crippen molar-refractivity contribution in [2.75, 3.05) is 4.43 Å². The van der Waals surface area contributed by atoms with E-state index in [9.17, 15) is 0 Å². The predicted octanol–water partition coefficient (Wildman–Crippen LogP) is 1.89. The van der Waals surface area contributed by atoms with Crippen LogP contribution in [0.4, 0.5) is 0 Å². The summed E-state index contributed by atoms with van der Waals surface area (Å²) in [5.41, 5.74) is 0. The van der Waals surface area contributed by atoms with Crippen LogP contribution in [-0.4, -0.2) is 4.43 Å². The van der Waals surface area contributed by atoms with E-state index in [1.54, 1.807) is 0 Å². The molecule has 2 heteroatoms. The first kappa shape index (κ1) is 16.1. The van der Waals surface area contributed by atoms with Crippen molar-refractivity contribution in [3.63, 3.8) is 0 Å². The van der Waals surface area contributed by atoms with Gasteiger partial charge < -0.3 is 7.43 Å². The van der Waals surface area contributed by atoms with Crippen molar-refractivity contribution in [1.29, 1.82) is 0 Å². The van der Waals surface area contributed by atoms with Crippen LogP contribution in [-0.2, 0) is 21.1 Å². The number of alkyl halides is 1. The van der Waals surface area contributed by atoms with E-state index in [0.717, 1.165) is 0 Å². The van der Waals surface area contributed by atoms with E-state index < -0.39 is 0 Å². The molecule has 34 valence electrons. The molecule has 0 amide bonds. The molecule has 0 heterocycles. The van der Waals surface area contributed by atoms with Crippen LogP contribution in [0.5, 0.6) is 0 Å². The van der Waals surface area contributed by atoms with Gasteiger partial charge in [-0.05, 0) is 4.43 Å². The maximum atomic E-state index is 2.29. The predicted molar refractivity (Wildman–Crippen MR) is 31.0 cm³/mol. The van der Waals surface area contributed by atoms with Gasteiger partial charge in [-0.1, -0.05) is 29.5 Å². The summed E-state index contributed by atoms with van der Waals surface area (Å²) >= 11 is 2.29. The molecule has 0 radical (unpaired) electrons. The average Bonchev–Trinajstić information content (AvgIpc) is 0.918. The normalized spacial score (nSPS) is 3.60. The molecule has 0 aliphatic rings. The second-order valence-electron chi connectivity index (χ2n) is 0.267. The van der Waals surface area contributed by atoms with E-state index in [2.05, 4.69) is 29.5 Å². The maximum absolute atomic E-state index is 2.29. The first-order chi connectivity index (χ1) is 1.41. The molecule has 0 bridgehead atoms. The van der Waals surface area contributed by atoms with Crippen molar-refractivity contribution < 1.29 is 21.1 Å². The third-order valence-corrected chi connectivity index (χ3v) is 0. The minimum Gasteiger partial charge on any atom is -0.358 e. The third kappa shape index (κ3) is 31.5. The Balaban J connectivity index is -0.0000000200. The van der Waals surface area contributed by atoms with Gasteiger partial charge in [0.05, 0.1) is 0 Å². The molecule has 0 saturated carbocycles. The number of halogens is 1. The van der Waals surface area contributed by atoms with Gasteiger partial charge in [-0.2, -0.15) is 0 Å². The van der Waals surface area contributed by atoms with Crippen LogP contribution in [0, 0.1) is 7.43 Å². The van der Waals surface area contributed by atoms with Crippen molar-refractivity contribution in [3.8, 4) is 0 Å². The van der Waals surface area contributed by atoms with Crippen molar-refractivity contribution in [2.24, 2.45) is 0 Å². The Kier molecular flexibility index (Phi) is 58.3. The van der Waals surface area contributed by atoms with E-state index in [4.69, 9.17) is 0 Å². The van der Waals surface area contributed by atoms with Gasteiger partial charge in [-0.15, -0.1) is 0 Å². The molecule has 0 fully saturated rings. The van der Waals surface area contributed by atoms with Gasteiger partial charge in [0.2, 0.25) is 0 Å². The van der Waals surface area contributed by atoms with E-state index >= 15 is 0 Å². The Morgan fingerprint density at radius 2 is 1.60 bits per heavy atom. The molecule has 0 aliphatic heterocycles. The van der Waals surface area contributed by atoms with E-state index in [0.29, 0.717) is 0 Å². The molecule has 0 aromatic rings. The molecule has 0 saturated heterocycles. The van der Waals surface area contributed by atoms with E-state index in [1.807, 2.05) is 0 Å². The molecule has 0 aromatic heterocycles. The van der Waals surface area contributed by atoms with Crippen LogP contribution in [0.25, 0.3) is 0 Å². The maximum Gasteiger partial charge on any atom is 0 e. The van der Waals surface area contributed by atoms with E-state index in [1.165, 1.54) is 4.43 Å². The molecule has 0 nitrogen and oxygen atoms in total. The van der Waals surface area contributed by atoms with Crippen molar-refractivity contribution in [3.05, 3.63) is 7.43 Å². The smallest absolute Gasteiger partial charge is 0 e. The quantitative estimate of drug-likeness (QED) is 0.354. The van der Waals surface area contributed by atoms with Crippen molar-refractivity contribution in [2.45, 2.75) is 6.92 Å². The fourth-order valence-corrected chi connectivity index (χ4v) is 0. The average molecular weight is 355 g/mol. The van der Waals surface area contributed by atoms with Crippen molar-refractivity contribution in [1.82, 2.24) is 0 Å². The van der Waals surface area contributed by atoms with Crippen LogP contribution in [0.3, 0.4) is 0 Å². The van der Waals surface area contributed by atoms with Gasteiger partial charge in [0.1, 0.15) is 0 Å². The van der Waals surface area contributed by atoms with Crippen LogP contribution in [0.1, 0.15) is 6.92 Å². The van der Waals surface area contributed by atoms with Gasteiger partial charge in [0.25, 0.3) is 0 Å². The Hall–Kier alpha value is 1.42. The molecule has 0 aromatic carbocycles. The summed E-state index contributed by atoms with van der Waals surface area (Å²) in [6.45, 7) is 2.11. The fraction of sp³-hybridized carbons (Fsp3) is 0.667. The summed E-state index contributed by atoms with van der Waals surface area (Å²) in [5, 5.41) is 0. The standard InChI is InChI=1S/C2H5I.CH3.W/c1-2-3;;/h2H2,1H3;1H3;/q;-1;. The number of hydrogen-bond acceptors (Lipinski definition) is 0. The summed E-state index contributed by atoms with van der Waals surface area (Å²) in [6.07, 6.45) is 0. The van der Waals surface area contributed by atoms with Crippen molar-refractivity contribution >= 4 is 22.6 Å². The van der Waals surface area contributed by atoms with Crippen LogP contribution >= 0.6 is 22.6 Å². The zero-order chi connectivity index (χ0) is 2.71. The molecule has 0 aliphatic carbocycles. The zero-order valence-corrected chi connectivity index (χ0v) is 8.58. The summed E-state index contributed by atoms with van der Waals surface area (Å²) < 4.78 is 1.22. The van der Waals surface area contributed by atoms with Crippen LogP contribution in [0.2, 0.25) is 0 Å². The Morgan fingerprint density at radius 1 is 1.60 bits per heavy atom. The topological polar surface area (TPSA) is 0 Å². The van der Waals surface area contributed by atoms with Gasteiger partial charge in [0, 0.05) is 21.1 Å². The molecular formula is C3H8IW-. The summed E-state index contributed by atoms with van der Waals surface area (Å²) in [4.78, 5) is 0. The molecular weight excluding hydrogens is 347 g/mol. The summed E-state index contributed by atoms with van der Waals surface area (Å²) in [7, 11) is 0. The van der Waals surface area contributed by atoms with Gasteiger partial charge in [-0.3, -0.25) is 0 Å². The Labute approximate surface area is 62.1 Å². The van der Waals surface area contributed by atoms with Gasteiger partial charge >= 0.3 is 0 Å². The van der Waals surface area contributed by atoms with Gasteiger partial charge in [-0.25, -0.2) is 0 Å². The van der Waals surface area contributed by atoms with Crippen LogP contribution in [0.15, 0.2) is 0 Å². The minimum atomic E-state index is 0. The first-order valence-electron chi connectivity index (χ1n) is 0.974. The van der Waals surface area contributed by atoms with Gasteiger partial charge in [0.15, 0.2) is 0 Å². The molecule has 5 heavy (non-hydrogen) atoms. The summed E-state index contributed by atoms with van der Waals surface area (Å²) in [6, 6.07) is 0. The number of rotatable bonds is 0. The fourth-order valence-electron chi connectivity index (χ4n) is 0. The Bertz CT molecular complexity index is 6.85. The monoisotopic (exact) mass is 355 g/mol. The molecule has 0 atom stereocenters. The second-order valence-corrected chi connectivity index (χ2v) is 1.79. The summed E-state index contributed by atoms with van der Waals surface area (Å²) in [5.74, 6) is 0. The first-order valence-corrected chi connectivity index (χ1v) is 2.50. The Morgan fingerprint density at radius 3 is 1.60 bits per heavy atom. The molecule has 0 spiro atoms. The third-order valence-electron chi connectivity index (χ3n) is 0. The SMILES string of the molecule is CCI.[CH3-].[W].